The highest BCUT2D eigenvalue weighted by atomic mass is 16.6. The van der Waals surface area contributed by atoms with Gasteiger partial charge in [-0.2, -0.15) is 5.48 Å². The maximum atomic E-state index is 5.77. The summed E-state index contributed by atoms with van der Waals surface area (Å²) < 4.78 is 0. The Kier molecular flexibility index (Phi) is 3.35. The Labute approximate surface area is 111 Å². The van der Waals surface area contributed by atoms with Crippen molar-refractivity contribution in [3.63, 3.8) is 0 Å². The van der Waals surface area contributed by atoms with Crippen molar-refractivity contribution in [1.82, 2.24) is 5.48 Å². The van der Waals surface area contributed by atoms with Gasteiger partial charge in [-0.15, -0.1) is 0 Å². The molecule has 2 rings (SSSR count). The first-order valence-electron chi connectivity index (χ1n) is 7.05. The fourth-order valence-corrected chi connectivity index (χ4v) is 2.72. The molecule has 1 aliphatic heterocycles. The molecule has 1 atom stereocenters. The van der Waals surface area contributed by atoms with Crippen LogP contribution in [0.25, 0.3) is 0 Å². The molecule has 1 saturated heterocycles. The molecule has 1 aliphatic carbocycles. The molecule has 0 saturated carbocycles. The zero-order chi connectivity index (χ0) is 13.6. The van der Waals surface area contributed by atoms with E-state index in [4.69, 9.17) is 4.84 Å². The van der Waals surface area contributed by atoms with Crippen LogP contribution in [0.2, 0.25) is 0 Å². The Bertz CT molecular complexity index is 390. The standard InChI is InChI=1S/C16H27NO/c1-15(2,3)12-9-11-7-8-17-18-14(11)13(10-12)16(4,5)6/h10-11,17H,7-9H2,1-6H3. The third-order valence-corrected chi connectivity index (χ3v) is 3.97. The van der Waals surface area contributed by atoms with Gasteiger partial charge in [0, 0.05) is 12.5 Å². The van der Waals surface area contributed by atoms with Crippen LogP contribution in [0.4, 0.5) is 0 Å². The molecule has 18 heavy (non-hydrogen) atoms. The van der Waals surface area contributed by atoms with Gasteiger partial charge in [0.25, 0.3) is 0 Å². The average molecular weight is 249 g/mol. The summed E-state index contributed by atoms with van der Waals surface area (Å²) in [6.45, 7) is 14.7. The molecule has 1 heterocycles. The Morgan fingerprint density at radius 3 is 2.33 bits per heavy atom. The normalized spacial score (nSPS) is 25.4. The van der Waals surface area contributed by atoms with Crippen molar-refractivity contribution in [3.05, 3.63) is 23.0 Å². The Morgan fingerprint density at radius 2 is 1.78 bits per heavy atom. The second-order valence-corrected chi connectivity index (χ2v) is 7.63. The minimum atomic E-state index is 0.142. The molecule has 0 aromatic heterocycles. The van der Waals surface area contributed by atoms with Gasteiger partial charge in [0.15, 0.2) is 0 Å². The first-order chi connectivity index (χ1) is 8.19. The molecule has 0 aromatic rings. The van der Waals surface area contributed by atoms with Crippen molar-refractivity contribution in [2.45, 2.75) is 54.4 Å². The topological polar surface area (TPSA) is 21.3 Å². The molecule has 1 unspecified atom stereocenters. The van der Waals surface area contributed by atoms with Crippen molar-refractivity contribution >= 4 is 0 Å². The molecule has 2 aliphatic rings. The van der Waals surface area contributed by atoms with Crippen LogP contribution in [-0.4, -0.2) is 6.54 Å². The molecule has 0 bridgehead atoms. The number of allylic oxidation sites excluding steroid dienone is 4. The highest BCUT2D eigenvalue weighted by molar-refractivity contribution is 5.38. The maximum absolute atomic E-state index is 5.77. The van der Waals surface area contributed by atoms with Gasteiger partial charge in [-0.05, 0) is 29.2 Å². The van der Waals surface area contributed by atoms with E-state index in [2.05, 4.69) is 53.1 Å². The number of nitrogens with one attached hydrogen (secondary N) is 1. The fourth-order valence-electron chi connectivity index (χ4n) is 2.72. The molecule has 102 valence electrons. The van der Waals surface area contributed by atoms with Gasteiger partial charge in [0.05, 0.1) is 0 Å². The van der Waals surface area contributed by atoms with Gasteiger partial charge >= 0.3 is 0 Å². The summed E-state index contributed by atoms with van der Waals surface area (Å²) in [4.78, 5) is 5.77. The maximum Gasteiger partial charge on any atom is 0.131 e. The van der Waals surface area contributed by atoms with Crippen molar-refractivity contribution in [2.24, 2.45) is 16.7 Å². The first kappa shape index (κ1) is 13.7. The minimum absolute atomic E-state index is 0.142. The summed E-state index contributed by atoms with van der Waals surface area (Å²) in [5.74, 6) is 1.75. The van der Waals surface area contributed by atoms with Crippen LogP contribution in [-0.2, 0) is 4.84 Å². The summed E-state index contributed by atoms with van der Waals surface area (Å²) in [5.41, 5.74) is 6.38. The molecule has 0 amide bonds. The van der Waals surface area contributed by atoms with E-state index in [0.717, 1.165) is 13.0 Å². The minimum Gasteiger partial charge on any atom is -0.413 e. The quantitative estimate of drug-likeness (QED) is 0.694. The smallest absolute Gasteiger partial charge is 0.131 e. The predicted molar refractivity (Wildman–Crippen MR) is 75.8 cm³/mol. The SMILES string of the molecule is CC(C)(C)C1=CC(C(C)(C)C)=C2ONCCC2C1. The number of hydrogen-bond acceptors (Lipinski definition) is 2. The van der Waals surface area contributed by atoms with Crippen LogP contribution < -0.4 is 5.48 Å². The largest absolute Gasteiger partial charge is 0.413 e. The zero-order valence-electron chi connectivity index (χ0n) is 12.7. The molecule has 1 fully saturated rings. The molecule has 0 aromatic carbocycles. The molecule has 2 nitrogen and oxygen atoms in total. The Morgan fingerprint density at radius 1 is 1.11 bits per heavy atom. The van der Waals surface area contributed by atoms with Gasteiger partial charge in [-0.1, -0.05) is 53.2 Å². The van der Waals surface area contributed by atoms with Crippen molar-refractivity contribution in [2.75, 3.05) is 6.54 Å². The van der Waals surface area contributed by atoms with E-state index in [1.165, 1.54) is 17.8 Å². The fraction of sp³-hybridized carbons (Fsp3) is 0.750. The van der Waals surface area contributed by atoms with E-state index < -0.39 is 0 Å². The second kappa shape index (κ2) is 4.41. The van der Waals surface area contributed by atoms with Crippen LogP contribution in [0.5, 0.6) is 0 Å². The molecule has 2 heteroatoms. The molecular weight excluding hydrogens is 222 g/mol. The number of rotatable bonds is 0. The van der Waals surface area contributed by atoms with Crippen LogP contribution in [0.15, 0.2) is 23.0 Å². The third kappa shape index (κ3) is 2.64. The lowest BCUT2D eigenvalue weighted by atomic mass is 9.71. The highest BCUT2D eigenvalue weighted by Crippen LogP contribution is 2.45. The van der Waals surface area contributed by atoms with Crippen molar-refractivity contribution in [1.29, 1.82) is 0 Å². The van der Waals surface area contributed by atoms with E-state index in [0.29, 0.717) is 5.92 Å². The van der Waals surface area contributed by atoms with E-state index in [9.17, 15) is 0 Å². The lowest BCUT2D eigenvalue weighted by Crippen LogP contribution is -2.34. The van der Waals surface area contributed by atoms with Crippen molar-refractivity contribution < 1.29 is 4.84 Å². The summed E-state index contributed by atoms with van der Waals surface area (Å²) in [7, 11) is 0. The van der Waals surface area contributed by atoms with Gasteiger partial charge < -0.3 is 4.84 Å². The number of hydroxylamine groups is 1. The Hall–Kier alpha value is -0.760. The van der Waals surface area contributed by atoms with Gasteiger partial charge in [-0.3, -0.25) is 0 Å². The Balaban J connectivity index is 2.46. The average Bonchev–Trinajstić information content (AvgIpc) is 2.25. The van der Waals surface area contributed by atoms with E-state index in [1.807, 2.05) is 0 Å². The van der Waals surface area contributed by atoms with Gasteiger partial charge in [0.2, 0.25) is 0 Å². The highest BCUT2D eigenvalue weighted by Gasteiger charge is 2.35. The van der Waals surface area contributed by atoms with Crippen LogP contribution >= 0.6 is 0 Å². The summed E-state index contributed by atoms with van der Waals surface area (Å²) in [6.07, 6.45) is 4.72. The molecule has 0 spiro atoms. The van der Waals surface area contributed by atoms with Crippen LogP contribution in [0, 0.1) is 16.7 Å². The second-order valence-electron chi connectivity index (χ2n) is 7.63. The van der Waals surface area contributed by atoms with E-state index in [-0.39, 0.29) is 10.8 Å². The van der Waals surface area contributed by atoms with Gasteiger partial charge in [-0.25, -0.2) is 0 Å². The molecule has 0 radical (unpaired) electrons. The summed E-state index contributed by atoms with van der Waals surface area (Å²) in [5, 5.41) is 0. The molecular formula is C16H27NO. The number of fused-ring (bicyclic) bond motifs is 1. The molecule has 1 N–H and O–H groups in total. The lowest BCUT2D eigenvalue weighted by Gasteiger charge is -2.39. The van der Waals surface area contributed by atoms with Crippen molar-refractivity contribution in [3.8, 4) is 0 Å². The summed E-state index contributed by atoms with van der Waals surface area (Å²) in [6, 6.07) is 0. The third-order valence-electron chi connectivity index (χ3n) is 3.97. The first-order valence-corrected chi connectivity index (χ1v) is 7.05. The monoisotopic (exact) mass is 249 g/mol. The van der Waals surface area contributed by atoms with Crippen LogP contribution in [0.3, 0.4) is 0 Å². The summed E-state index contributed by atoms with van der Waals surface area (Å²) >= 11 is 0. The van der Waals surface area contributed by atoms with Crippen LogP contribution in [0.1, 0.15) is 54.4 Å². The van der Waals surface area contributed by atoms with E-state index in [1.54, 1.807) is 5.57 Å². The zero-order valence-corrected chi connectivity index (χ0v) is 12.7. The number of hydrogen-bond donors (Lipinski definition) is 1. The predicted octanol–water partition coefficient (Wildman–Crippen LogP) is 4.20. The lowest BCUT2D eigenvalue weighted by molar-refractivity contribution is 0.0374. The van der Waals surface area contributed by atoms with E-state index >= 15 is 0 Å². The van der Waals surface area contributed by atoms with Gasteiger partial charge in [0.1, 0.15) is 5.76 Å².